The smallest absolute Gasteiger partial charge is 0.295 e. The monoisotopic (exact) mass is 483 g/mol. The highest BCUT2D eigenvalue weighted by Gasteiger charge is 2.46. The molecule has 1 aliphatic heterocycles. The zero-order chi connectivity index (χ0) is 25.7. The van der Waals surface area contributed by atoms with Crippen LogP contribution in [-0.2, 0) is 14.3 Å². The molecule has 1 N–H and O–H groups in total. The lowest BCUT2D eigenvalue weighted by molar-refractivity contribution is -0.140. The van der Waals surface area contributed by atoms with Crippen molar-refractivity contribution >= 4 is 17.4 Å². The number of hydrogen-bond donors (Lipinski definition) is 1. The molecule has 35 heavy (non-hydrogen) atoms. The number of amides is 1. The molecule has 1 unspecified atom stereocenters. The number of ketones is 1. The van der Waals surface area contributed by atoms with Crippen LogP contribution in [0.15, 0.2) is 42.0 Å². The van der Waals surface area contributed by atoms with Gasteiger partial charge in [0.2, 0.25) is 0 Å². The Kier molecular flexibility index (Phi) is 8.40. The number of Topliss-reactive ketones (excluding diaryl/α,β-unsaturated/α-hetero) is 1. The van der Waals surface area contributed by atoms with Crippen LogP contribution in [0.2, 0.25) is 0 Å². The first-order valence-electron chi connectivity index (χ1n) is 11.6. The van der Waals surface area contributed by atoms with E-state index < -0.39 is 17.7 Å². The quantitative estimate of drug-likeness (QED) is 0.307. The van der Waals surface area contributed by atoms with Crippen molar-refractivity contribution in [1.82, 2.24) is 4.90 Å². The molecule has 0 aromatic heterocycles. The Bertz CT molecular complexity index is 1120. The second kappa shape index (κ2) is 11.3. The van der Waals surface area contributed by atoms with Gasteiger partial charge in [-0.25, -0.2) is 0 Å². The Hall–Kier alpha value is -3.52. The Morgan fingerprint density at radius 2 is 1.77 bits per heavy atom. The average Bonchev–Trinajstić information content (AvgIpc) is 3.08. The van der Waals surface area contributed by atoms with E-state index in [4.69, 9.17) is 18.9 Å². The minimum atomic E-state index is -0.845. The molecule has 0 aliphatic carbocycles. The second-order valence-corrected chi connectivity index (χ2v) is 8.49. The molecule has 3 rings (SSSR count). The highest BCUT2D eigenvalue weighted by atomic mass is 16.5. The standard InChI is InChI=1S/C27H33NO7/c1-7-34-22-15-18(9-11-21(22)35-16(2)3)24-23(26(30)27(31)28(24)12-13-32-5)25(29)19-14-17(4)8-10-20(19)33-6/h8-11,14-16,24,29H,7,12-13H2,1-6H3/b25-23+. The Labute approximate surface area is 206 Å². The summed E-state index contributed by atoms with van der Waals surface area (Å²) in [5, 5.41) is 11.4. The second-order valence-electron chi connectivity index (χ2n) is 8.49. The molecule has 0 bridgehead atoms. The first-order chi connectivity index (χ1) is 16.7. The summed E-state index contributed by atoms with van der Waals surface area (Å²) in [5.41, 5.74) is 1.79. The van der Waals surface area contributed by atoms with Crippen LogP contribution in [0.4, 0.5) is 0 Å². The number of aryl methyl sites for hydroxylation is 1. The number of carbonyl (C=O) groups is 2. The van der Waals surface area contributed by atoms with Crippen molar-refractivity contribution in [3.63, 3.8) is 0 Å². The predicted molar refractivity (Wildman–Crippen MR) is 132 cm³/mol. The number of carbonyl (C=O) groups excluding carboxylic acids is 2. The summed E-state index contributed by atoms with van der Waals surface area (Å²) in [6.45, 7) is 8.36. The Morgan fingerprint density at radius 3 is 2.40 bits per heavy atom. The van der Waals surface area contributed by atoms with Crippen LogP contribution < -0.4 is 14.2 Å². The molecule has 1 atom stereocenters. The van der Waals surface area contributed by atoms with Crippen LogP contribution in [-0.4, -0.2) is 61.8 Å². The third kappa shape index (κ3) is 5.43. The topological polar surface area (TPSA) is 94.5 Å². The number of ether oxygens (including phenoxy) is 4. The molecule has 1 fully saturated rings. The number of likely N-dealkylation sites (tertiary alicyclic amines) is 1. The number of aliphatic hydroxyl groups excluding tert-OH is 1. The van der Waals surface area contributed by atoms with Crippen LogP contribution in [0.25, 0.3) is 5.76 Å². The summed E-state index contributed by atoms with van der Waals surface area (Å²) in [7, 11) is 3.01. The molecule has 0 spiro atoms. The highest BCUT2D eigenvalue weighted by molar-refractivity contribution is 6.46. The van der Waals surface area contributed by atoms with Crippen LogP contribution in [0, 0.1) is 6.92 Å². The lowest BCUT2D eigenvalue weighted by atomic mass is 9.94. The van der Waals surface area contributed by atoms with E-state index in [1.165, 1.54) is 19.1 Å². The van der Waals surface area contributed by atoms with E-state index in [-0.39, 0.29) is 30.6 Å². The minimum Gasteiger partial charge on any atom is -0.507 e. The van der Waals surface area contributed by atoms with Gasteiger partial charge < -0.3 is 29.0 Å². The molecule has 0 saturated carbocycles. The maximum absolute atomic E-state index is 13.2. The van der Waals surface area contributed by atoms with Gasteiger partial charge in [-0.3, -0.25) is 9.59 Å². The van der Waals surface area contributed by atoms with E-state index in [1.807, 2.05) is 33.8 Å². The van der Waals surface area contributed by atoms with Gasteiger partial charge >= 0.3 is 0 Å². The van der Waals surface area contributed by atoms with E-state index in [0.717, 1.165) is 5.56 Å². The number of rotatable bonds is 10. The number of benzene rings is 2. The van der Waals surface area contributed by atoms with E-state index in [9.17, 15) is 14.7 Å². The first kappa shape index (κ1) is 26.1. The molecule has 2 aromatic rings. The molecule has 8 heteroatoms. The van der Waals surface area contributed by atoms with Gasteiger partial charge in [-0.1, -0.05) is 17.7 Å². The van der Waals surface area contributed by atoms with Gasteiger partial charge in [-0.2, -0.15) is 0 Å². The van der Waals surface area contributed by atoms with Gasteiger partial charge in [0, 0.05) is 13.7 Å². The minimum absolute atomic E-state index is 0.0185. The van der Waals surface area contributed by atoms with Gasteiger partial charge in [0.15, 0.2) is 11.5 Å². The predicted octanol–water partition coefficient (Wildman–Crippen LogP) is 4.26. The molecule has 1 saturated heterocycles. The summed E-state index contributed by atoms with van der Waals surface area (Å²) < 4.78 is 22.3. The molecule has 1 aliphatic rings. The largest absolute Gasteiger partial charge is 0.507 e. The van der Waals surface area contributed by atoms with Gasteiger partial charge in [0.05, 0.1) is 43.6 Å². The molecular weight excluding hydrogens is 450 g/mol. The molecule has 2 aromatic carbocycles. The maximum Gasteiger partial charge on any atom is 0.295 e. The van der Waals surface area contributed by atoms with Crippen molar-refractivity contribution in [3.8, 4) is 17.2 Å². The fourth-order valence-corrected chi connectivity index (χ4v) is 4.11. The van der Waals surface area contributed by atoms with Gasteiger partial charge in [-0.15, -0.1) is 0 Å². The molecule has 188 valence electrons. The van der Waals surface area contributed by atoms with Crippen LogP contribution in [0.1, 0.15) is 43.5 Å². The lowest BCUT2D eigenvalue weighted by Crippen LogP contribution is -2.32. The van der Waals surface area contributed by atoms with Gasteiger partial charge in [-0.05, 0) is 57.5 Å². The maximum atomic E-state index is 13.2. The number of aliphatic hydroxyl groups is 1. The SMILES string of the molecule is CCOc1cc(C2/C(=C(\O)c3cc(C)ccc3OC)C(=O)C(=O)N2CCOC)ccc1OC(C)C. The van der Waals surface area contributed by atoms with E-state index in [2.05, 4.69) is 0 Å². The van der Waals surface area contributed by atoms with Crippen molar-refractivity contribution in [3.05, 3.63) is 58.7 Å². The van der Waals surface area contributed by atoms with Crippen molar-refractivity contribution in [2.45, 2.75) is 39.8 Å². The zero-order valence-electron chi connectivity index (χ0n) is 21.1. The van der Waals surface area contributed by atoms with Crippen LogP contribution in [0.5, 0.6) is 17.2 Å². The third-order valence-corrected chi connectivity index (χ3v) is 5.63. The van der Waals surface area contributed by atoms with E-state index >= 15 is 0 Å². The van der Waals surface area contributed by atoms with Crippen molar-refractivity contribution < 1.29 is 33.6 Å². The van der Waals surface area contributed by atoms with Crippen molar-refractivity contribution in [2.75, 3.05) is 34.0 Å². The average molecular weight is 484 g/mol. The van der Waals surface area contributed by atoms with Gasteiger partial charge in [0.25, 0.3) is 11.7 Å². The van der Waals surface area contributed by atoms with Crippen molar-refractivity contribution in [2.24, 2.45) is 0 Å². The lowest BCUT2D eigenvalue weighted by Gasteiger charge is -2.26. The Balaban J connectivity index is 2.23. The zero-order valence-corrected chi connectivity index (χ0v) is 21.1. The molecular formula is C27H33NO7. The third-order valence-electron chi connectivity index (χ3n) is 5.63. The molecule has 8 nitrogen and oxygen atoms in total. The van der Waals surface area contributed by atoms with Crippen LogP contribution >= 0.6 is 0 Å². The summed E-state index contributed by atoms with van der Waals surface area (Å²) >= 11 is 0. The summed E-state index contributed by atoms with van der Waals surface area (Å²) in [4.78, 5) is 27.7. The number of nitrogens with zero attached hydrogens (tertiary/aromatic N) is 1. The normalized spacial score (nSPS) is 17.2. The highest BCUT2D eigenvalue weighted by Crippen LogP contribution is 2.43. The van der Waals surface area contributed by atoms with Gasteiger partial charge in [0.1, 0.15) is 11.5 Å². The van der Waals surface area contributed by atoms with Crippen molar-refractivity contribution in [1.29, 1.82) is 0 Å². The fourth-order valence-electron chi connectivity index (χ4n) is 4.11. The van der Waals surface area contributed by atoms with E-state index in [1.54, 1.807) is 30.3 Å². The first-order valence-corrected chi connectivity index (χ1v) is 11.6. The molecule has 0 radical (unpaired) electrons. The summed E-state index contributed by atoms with van der Waals surface area (Å²) in [6, 6.07) is 9.71. The fraction of sp³-hybridized carbons (Fsp3) is 0.407. The Morgan fingerprint density at radius 1 is 1.06 bits per heavy atom. The van der Waals surface area contributed by atoms with Crippen LogP contribution in [0.3, 0.4) is 0 Å². The summed E-state index contributed by atoms with van der Waals surface area (Å²) in [6.07, 6.45) is -0.0684. The number of methoxy groups -OCH3 is 2. The van der Waals surface area contributed by atoms with E-state index in [0.29, 0.717) is 35.0 Å². The summed E-state index contributed by atoms with van der Waals surface area (Å²) in [5.74, 6) is -0.336. The number of hydrogen-bond acceptors (Lipinski definition) is 7. The molecule has 1 heterocycles. The molecule has 1 amide bonds.